The van der Waals surface area contributed by atoms with Crippen molar-refractivity contribution in [1.82, 2.24) is 20.3 Å². The van der Waals surface area contributed by atoms with Gasteiger partial charge in [-0.05, 0) is 0 Å². The highest BCUT2D eigenvalue weighted by molar-refractivity contribution is 5.88. The summed E-state index contributed by atoms with van der Waals surface area (Å²) in [4.78, 5) is 11.4. The Labute approximate surface area is 114 Å². The quantitative estimate of drug-likeness (QED) is 0.413. The van der Waals surface area contributed by atoms with Crippen molar-refractivity contribution in [3.63, 3.8) is 0 Å². The standard InChI is InChI=1S/C12H17N5O3/c1-13-12-9-7(15-4-16-12)5(2-14-9)8-11(20)10(19)6(3-18)17-8/h2,4,6,8,10-11,14,17-20H,3H2,1H3,(H,13,15,16)/t6-,8+,10-,11+/m1/s1. The highest BCUT2D eigenvalue weighted by Crippen LogP contribution is 2.32. The summed E-state index contributed by atoms with van der Waals surface area (Å²) in [6.07, 6.45) is 1.15. The fourth-order valence-corrected chi connectivity index (χ4v) is 2.68. The van der Waals surface area contributed by atoms with E-state index in [4.69, 9.17) is 0 Å². The zero-order valence-corrected chi connectivity index (χ0v) is 10.9. The van der Waals surface area contributed by atoms with E-state index in [-0.39, 0.29) is 6.61 Å². The average molecular weight is 279 g/mol. The molecule has 1 fully saturated rings. The molecule has 20 heavy (non-hydrogen) atoms. The summed E-state index contributed by atoms with van der Waals surface area (Å²) >= 11 is 0. The van der Waals surface area contributed by atoms with Gasteiger partial charge < -0.3 is 30.9 Å². The first-order chi connectivity index (χ1) is 9.67. The van der Waals surface area contributed by atoms with Crippen LogP contribution < -0.4 is 10.6 Å². The van der Waals surface area contributed by atoms with E-state index in [1.807, 2.05) is 0 Å². The number of rotatable bonds is 3. The Kier molecular flexibility index (Phi) is 3.30. The smallest absolute Gasteiger partial charge is 0.153 e. The third-order valence-electron chi connectivity index (χ3n) is 3.76. The molecule has 108 valence electrons. The second kappa shape index (κ2) is 4.98. The molecule has 4 atom stereocenters. The van der Waals surface area contributed by atoms with Crippen molar-refractivity contribution in [3.8, 4) is 0 Å². The lowest BCUT2D eigenvalue weighted by Gasteiger charge is -2.14. The Morgan fingerprint density at radius 1 is 1.30 bits per heavy atom. The fourth-order valence-electron chi connectivity index (χ4n) is 2.68. The minimum Gasteiger partial charge on any atom is -0.395 e. The highest BCUT2D eigenvalue weighted by atomic mass is 16.3. The maximum Gasteiger partial charge on any atom is 0.153 e. The zero-order valence-electron chi connectivity index (χ0n) is 10.9. The third-order valence-corrected chi connectivity index (χ3v) is 3.76. The van der Waals surface area contributed by atoms with Crippen molar-refractivity contribution >= 4 is 16.9 Å². The molecular formula is C12H17N5O3. The molecular weight excluding hydrogens is 262 g/mol. The molecule has 2 aromatic heterocycles. The van der Waals surface area contributed by atoms with Crippen LogP contribution in [-0.4, -0.2) is 62.2 Å². The number of aromatic amines is 1. The van der Waals surface area contributed by atoms with Crippen LogP contribution >= 0.6 is 0 Å². The molecule has 0 saturated carbocycles. The van der Waals surface area contributed by atoms with Gasteiger partial charge in [-0.2, -0.15) is 0 Å². The van der Waals surface area contributed by atoms with Crippen LogP contribution in [0.15, 0.2) is 12.5 Å². The van der Waals surface area contributed by atoms with Crippen molar-refractivity contribution in [2.24, 2.45) is 0 Å². The van der Waals surface area contributed by atoms with Crippen molar-refractivity contribution in [1.29, 1.82) is 0 Å². The molecule has 0 aliphatic carbocycles. The van der Waals surface area contributed by atoms with E-state index in [9.17, 15) is 15.3 Å². The van der Waals surface area contributed by atoms with Crippen molar-refractivity contribution in [2.45, 2.75) is 24.3 Å². The zero-order chi connectivity index (χ0) is 14.3. The number of nitrogens with zero attached hydrogens (tertiary/aromatic N) is 2. The van der Waals surface area contributed by atoms with Gasteiger partial charge in [0.25, 0.3) is 0 Å². The van der Waals surface area contributed by atoms with Crippen LogP contribution in [0, 0.1) is 0 Å². The van der Waals surface area contributed by atoms with Crippen molar-refractivity contribution in [2.75, 3.05) is 19.0 Å². The molecule has 0 bridgehead atoms. The summed E-state index contributed by atoms with van der Waals surface area (Å²) in [5.41, 5.74) is 2.15. The van der Waals surface area contributed by atoms with Gasteiger partial charge in [0.05, 0.1) is 30.3 Å². The largest absolute Gasteiger partial charge is 0.395 e. The molecule has 1 saturated heterocycles. The second-order valence-electron chi connectivity index (χ2n) is 4.85. The average Bonchev–Trinajstić information content (AvgIpc) is 3.01. The summed E-state index contributed by atoms with van der Waals surface area (Å²) < 4.78 is 0. The lowest BCUT2D eigenvalue weighted by atomic mass is 10.0. The molecule has 1 aliphatic rings. The molecule has 8 heteroatoms. The van der Waals surface area contributed by atoms with Crippen LogP contribution in [0.25, 0.3) is 11.0 Å². The van der Waals surface area contributed by atoms with E-state index in [1.165, 1.54) is 6.33 Å². The molecule has 0 radical (unpaired) electrons. The summed E-state index contributed by atoms with van der Waals surface area (Å²) in [6.45, 7) is -0.242. The molecule has 0 amide bonds. The second-order valence-corrected chi connectivity index (χ2v) is 4.85. The lowest BCUT2D eigenvalue weighted by Crippen LogP contribution is -2.35. The molecule has 0 unspecified atom stereocenters. The molecule has 2 aromatic rings. The van der Waals surface area contributed by atoms with Crippen molar-refractivity contribution < 1.29 is 15.3 Å². The van der Waals surface area contributed by atoms with Crippen molar-refractivity contribution in [3.05, 3.63) is 18.1 Å². The van der Waals surface area contributed by atoms with Gasteiger partial charge in [0.2, 0.25) is 0 Å². The lowest BCUT2D eigenvalue weighted by molar-refractivity contribution is 0.0196. The summed E-state index contributed by atoms with van der Waals surface area (Å²) in [7, 11) is 1.76. The normalized spacial score (nSPS) is 30.0. The van der Waals surface area contributed by atoms with E-state index in [2.05, 4.69) is 25.6 Å². The molecule has 6 N–H and O–H groups in total. The third kappa shape index (κ3) is 1.85. The molecule has 1 aliphatic heterocycles. The Balaban J connectivity index is 2.03. The van der Waals surface area contributed by atoms with Crippen LogP contribution in [0.4, 0.5) is 5.82 Å². The van der Waals surface area contributed by atoms with Gasteiger partial charge in [0.15, 0.2) is 5.82 Å². The first-order valence-corrected chi connectivity index (χ1v) is 6.40. The number of aliphatic hydroxyl groups excluding tert-OH is 3. The van der Waals surface area contributed by atoms with Gasteiger partial charge in [0.1, 0.15) is 17.9 Å². The Bertz CT molecular complexity index is 616. The SMILES string of the molecule is CNc1ncnc2c([C@@H]3N[C@H](CO)[C@@H](O)[C@H]3O)c[nH]c12. The van der Waals surface area contributed by atoms with Crippen LogP contribution in [0.2, 0.25) is 0 Å². The Hall–Kier alpha value is -1.74. The first-order valence-electron chi connectivity index (χ1n) is 6.40. The number of H-pyrrole nitrogens is 1. The van der Waals surface area contributed by atoms with Crippen LogP contribution in [-0.2, 0) is 0 Å². The van der Waals surface area contributed by atoms with Crippen LogP contribution in [0.1, 0.15) is 11.6 Å². The van der Waals surface area contributed by atoms with Gasteiger partial charge in [-0.1, -0.05) is 0 Å². The number of aromatic nitrogens is 3. The number of aliphatic hydroxyl groups is 3. The summed E-state index contributed by atoms with van der Waals surface area (Å²) in [6, 6.07) is -1.04. The monoisotopic (exact) mass is 279 g/mol. The number of nitrogens with one attached hydrogen (secondary N) is 3. The van der Waals surface area contributed by atoms with Gasteiger partial charge in [-0.15, -0.1) is 0 Å². The van der Waals surface area contributed by atoms with E-state index in [0.717, 1.165) is 11.1 Å². The minimum atomic E-state index is -1.01. The maximum atomic E-state index is 10.1. The van der Waals surface area contributed by atoms with E-state index in [1.54, 1.807) is 13.2 Å². The van der Waals surface area contributed by atoms with E-state index in [0.29, 0.717) is 11.3 Å². The number of hydrogen-bond donors (Lipinski definition) is 6. The van der Waals surface area contributed by atoms with Crippen LogP contribution in [0.5, 0.6) is 0 Å². The van der Waals surface area contributed by atoms with Gasteiger partial charge in [0, 0.05) is 18.8 Å². The highest BCUT2D eigenvalue weighted by Gasteiger charge is 2.42. The van der Waals surface area contributed by atoms with E-state index >= 15 is 0 Å². The molecule has 0 spiro atoms. The molecule has 8 nitrogen and oxygen atoms in total. The van der Waals surface area contributed by atoms with Crippen LogP contribution in [0.3, 0.4) is 0 Å². The Morgan fingerprint density at radius 2 is 2.10 bits per heavy atom. The molecule has 3 rings (SSSR count). The maximum absolute atomic E-state index is 10.1. The van der Waals surface area contributed by atoms with E-state index < -0.39 is 24.3 Å². The summed E-state index contributed by atoms with van der Waals surface area (Å²) in [5.74, 6) is 0.660. The predicted molar refractivity (Wildman–Crippen MR) is 72.2 cm³/mol. The molecule has 0 aromatic carbocycles. The predicted octanol–water partition coefficient (Wildman–Crippen LogP) is -1.27. The first kappa shape index (κ1) is 13.3. The molecule has 3 heterocycles. The summed E-state index contributed by atoms with van der Waals surface area (Å²) in [5, 5.41) is 35.2. The minimum absolute atomic E-state index is 0.242. The van der Waals surface area contributed by atoms with Gasteiger partial charge in [-0.25, -0.2) is 9.97 Å². The number of hydrogen-bond acceptors (Lipinski definition) is 7. The number of anilines is 1. The number of fused-ring (bicyclic) bond motifs is 1. The Morgan fingerprint density at radius 3 is 2.75 bits per heavy atom. The topological polar surface area (TPSA) is 126 Å². The van der Waals surface area contributed by atoms with Gasteiger partial charge in [-0.3, -0.25) is 0 Å². The van der Waals surface area contributed by atoms with Gasteiger partial charge >= 0.3 is 0 Å². The fraction of sp³-hybridized carbons (Fsp3) is 0.500.